The number of hydrogen-bond donors (Lipinski definition) is 2. The molecule has 27 heavy (non-hydrogen) atoms. The molecule has 0 fully saturated rings. The maximum Gasteiger partial charge on any atom is 0.251 e. The van der Waals surface area contributed by atoms with Gasteiger partial charge in [0.05, 0.1) is 10.9 Å². The van der Waals surface area contributed by atoms with Crippen LogP contribution >= 0.6 is 23.5 Å². The molecule has 9 heteroatoms. The molecule has 1 atom stereocenters. The van der Waals surface area contributed by atoms with Crippen LogP contribution in [0.2, 0.25) is 0 Å². The molecule has 1 aromatic heterocycles. The first-order valence-corrected chi connectivity index (χ1v) is 10.4. The molecule has 1 heterocycles. The first kappa shape index (κ1) is 21.4. The van der Waals surface area contributed by atoms with E-state index < -0.39 is 28.5 Å². The first-order valence-electron chi connectivity index (χ1n) is 8.43. The second-order valence-corrected chi connectivity index (χ2v) is 8.76. The van der Waals surface area contributed by atoms with Gasteiger partial charge in [0.1, 0.15) is 17.3 Å². The summed E-state index contributed by atoms with van der Waals surface area (Å²) in [4.78, 5) is 31.3. The number of benzene rings is 1. The van der Waals surface area contributed by atoms with Gasteiger partial charge < -0.3 is 10.3 Å². The van der Waals surface area contributed by atoms with Crippen LogP contribution in [0.25, 0.3) is 0 Å². The summed E-state index contributed by atoms with van der Waals surface area (Å²) in [5.74, 6) is -1.67. The van der Waals surface area contributed by atoms with Gasteiger partial charge in [-0.25, -0.2) is 13.8 Å². The number of rotatable bonds is 8. The molecule has 0 aliphatic heterocycles. The predicted molar refractivity (Wildman–Crippen MR) is 106 cm³/mol. The van der Waals surface area contributed by atoms with Gasteiger partial charge in [-0.05, 0) is 23.8 Å². The van der Waals surface area contributed by atoms with Gasteiger partial charge in [-0.1, -0.05) is 38.6 Å². The molecule has 5 nitrogen and oxygen atoms in total. The molecule has 0 radical (unpaired) electrons. The van der Waals surface area contributed by atoms with E-state index in [2.05, 4.69) is 15.3 Å². The van der Waals surface area contributed by atoms with Crippen molar-refractivity contribution in [2.24, 2.45) is 0 Å². The zero-order valence-corrected chi connectivity index (χ0v) is 16.8. The van der Waals surface area contributed by atoms with Crippen molar-refractivity contribution in [3.63, 3.8) is 0 Å². The van der Waals surface area contributed by atoms with Crippen molar-refractivity contribution in [2.75, 3.05) is 5.32 Å². The van der Waals surface area contributed by atoms with E-state index in [1.54, 1.807) is 18.7 Å². The molecule has 1 amide bonds. The number of carbonyl (C=O) groups is 1. The van der Waals surface area contributed by atoms with Crippen molar-refractivity contribution in [3.8, 4) is 0 Å². The van der Waals surface area contributed by atoms with Crippen LogP contribution in [0.4, 0.5) is 14.5 Å². The number of para-hydroxylation sites is 1. The third-order valence-electron chi connectivity index (χ3n) is 3.47. The Morgan fingerprint density at radius 3 is 2.56 bits per heavy atom. The number of thioether (sulfide) groups is 2. The molecule has 0 saturated carbocycles. The topological polar surface area (TPSA) is 74.8 Å². The normalized spacial score (nSPS) is 12.2. The van der Waals surface area contributed by atoms with Gasteiger partial charge in [-0.15, -0.1) is 0 Å². The van der Waals surface area contributed by atoms with Crippen LogP contribution in [-0.2, 0) is 10.5 Å². The van der Waals surface area contributed by atoms with Crippen molar-refractivity contribution in [3.05, 3.63) is 51.9 Å². The number of nitrogens with zero attached hydrogens (tertiary/aromatic N) is 1. The fraction of sp³-hybridized carbons (Fsp3) is 0.389. The maximum absolute atomic E-state index is 13.7. The average molecular weight is 414 g/mol. The minimum absolute atomic E-state index is 0.303. The number of hydrogen-bond acceptors (Lipinski definition) is 5. The van der Waals surface area contributed by atoms with Gasteiger partial charge in [-0.2, -0.15) is 11.8 Å². The van der Waals surface area contributed by atoms with E-state index in [1.165, 1.54) is 12.1 Å². The van der Waals surface area contributed by atoms with Gasteiger partial charge in [0.2, 0.25) is 5.91 Å². The Hall–Kier alpha value is -1.87. The predicted octanol–water partition coefficient (Wildman–Crippen LogP) is 4.20. The maximum atomic E-state index is 13.7. The second-order valence-electron chi connectivity index (χ2n) is 6.00. The lowest BCUT2D eigenvalue weighted by atomic mass is 10.2. The van der Waals surface area contributed by atoms with Crippen LogP contribution in [0.3, 0.4) is 0 Å². The van der Waals surface area contributed by atoms with E-state index in [1.807, 2.05) is 13.8 Å². The number of aromatic amines is 1. The lowest BCUT2D eigenvalue weighted by molar-refractivity contribution is -0.115. The Morgan fingerprint density at radius 2 is 1.96 bits per heavy atom. The number of amides is 1. The molecule has 0 bridgehead atoms. The van der Waals surface area contributed by atoms with E-state index in [4.69, 9.17) is 0 Å². The lowest BCUT2D eigenvalue weighted by Gasteiger charge is -2.15. The summed E-state index contributed by atoms with van der Waals surface area (Å²) in [7, 11) is 0. The van der Waals surface area contributed by atoms with E-state index in [9.17, 15) is 18.4 Å². The minimum atomic E-state index is -0.845. The quantitative estimate of drug-likeness (QED) is 0.501. The molecular formula is C18H21F2N3O2S2. The monoisotopic (exact) mass is 413 g/mol. The SMILES string of the molecule is CCC(Sc1nc(CSC(C)C)cc(=O)[nH]1)C(=O)Nc1c(F)cccc1F. The second kappa shape index (κ2) is 9.89. The third kappa shape index (κ3) is 6.35. The molecule has 2 N–H and O–H groups in total. The van der Waals surface area contributed by atoms with Crippen molar-refractivity contribution in [2.45, 2.75) is 48.6 Å². The summed E-state index contributed by atoms with van der Waals surface area (Å²) in [6, 6.07) is 4.79. The molecule has 1 aromatic carbocycles. The zero-order valence-electron chi connectivity index (χ0n) is 15.2. The summed E-state index contributed by atoms with van der Waals surface area (Å²) in [5, 5.41) is 2.32. The number of anilines is 1. The largest absolute Gasteiger partial charge is 0.320 e. The molecule has 1 unspecified atom stereocenters. The molecule has 0 saturated heterocycles. The summed E-state index contributed by atoms with van der Waals surface area (Å²) >= 11 is 2.71. The summed E-state index contributed by atoms with van der Waals surface area (Å²) in [6.45, 7) is 5.87. The first-order chi connectivity index (χ1) is 12.8. The highest BCUT2D eigenvalue weighted by Crippen LogP contribution is 2.25. The fourth-order valence-electron chi connectivity index (χ4n) is 2.14. The smallest absolute Gasteiger partial charge is 0.251 e. The highest BCUT2D eigenvalue weighted by atomic mass is 32.2. The van der Waals surface area contributed by atoms with Crippen LogP contribution < -0.4 is 10.9 Å². The van der Waals surface area contributed by atoms with Gasteiger partial charge in [0.15, 0.2) is 5.16 Å². The summed E-state index contributed by atoms with van der Waals surface area (Å²) in [6.07, 6.45) is 0.390. The van der Waals surface area contributed by atoms with Gasteiger partial charge in [0, 0.05) is 11.8 Å². The molecular weight excluding hydrogens is 392 g/mol. The molecule has 146 valence electrons. The van der Waals surface area contributed by atoms with Crippen LogP contribution in [0.15, 0.2) is 34.2 Å². The van der Waals surface area contributed by atoms with Gasteiger partial charge in [0.25, 0.3) is 5.56 Å². The standard InChI is InChI=1S/C18H21F2N3O2S2/c1-4-14(17(25)23-16-12(19)6-5-7-13(16)20)27-18-21-11(8-15(24)22-18)9-26-10(2)3/h5-8,10,14H,4,9H2,1-3H3,(H,23,25)(H,21,22,24). The summed E-state index contributed by atoms with van der Waals surface area (Å²) in [5.41, 5.74) is -0.164. The van der Waals surface area contributed by atoms with Crippen molar-refractivity contribution < 1.29 is 13.6 Å². The van der Waals surface area contributed by atoms with Gasteiger partial charge >= 0.3 is 0 Å². The average Bonchev–Trinajstić information content (AvgIpc) is 2.60. The molecule has 0 aliphatic rings. The number of halogens is 2. The van der Waals surface area contributed by atoms with Crippen molar-refractivity contribution >= 4 is 35.1 Å². The highest BCUT2D eigenvalue weighted by Gasteiger charge is 2.22. The molecule has 2 rings (SSSR count). The number of aromatic nitrogens is 2. The lowest BCUT2D eigenvalue weighted by Crippen LogP contribution is -2.26. The van der Waals surface area contributed by atoms with Gasteiger partial charge in [-0.3, -0.25) is 9.59 Å². The van der Waals surface area contributed by atoms with E-state index >= 15 is 0 Å². The zero-order chi connectivity index (χ0) is 20.0. The van der Waals surface area contributed by atoms with Crippen LogP contribution in [0, 0.1) is 11.6 Å². The highest BCUT2D eigenvalue weighted by molar-refractivity contribution is 8.00. The van der Waals surface area contributed by atoms with Crippen molar-refractivity contribution in [1.29, 1.82) is 0 Å². The Kier molecular flexibility index (Phi) is 7.85. The van der Waals surface area contributed by atoms with Crippen LogP contribution in [-0.4, -0.2) is 26.4 Å². The van der Waals surface area contributed by atoms with E-state index in [-0.39, 0.29) is 5.56 Å². The number of nitrogens with one attached hydrogen (secondary N) is 2. The Balaban J connectivity index is 2.14. The minimum Gasteiger partial charge on any atom is -0.320 e. The molecule has 0 spiro atoms. The Bertz CT molecular complexity index is 838. The van der Waals surface area contributed by atoms with E-state index in [0.29, 0.717) is 28.3 Å². The van der Waals surface area contributed by atoms with E-state index in [0.717, 1.165) is 23.9 Å². The number of carbonyl (C=O) groups excluding carboxylic acids is 1. The van der Waals surface area contributed by atoms with Crippen LogP contribution in [0.5, 0.6) is 0 Å². The van der Waals surface area contributed by atoms with Crippen LogP contribution in [0.1, 0.15) is 32.9 Å². The summed E-state index contributed by atoms with van der Waals surface area (Å²) < 4.78 is 27.5. The fourth-order valence-corrected chi connectivity index (χ4v) is 3.73. The third-order valence-corrected chi connectivity index (χ3v) is 5.84. The Labute approximate surface area is 164 Å². The molecule has 0 aliphatic carbocycles. The van der Waals surface area contributed by atoms with Crippen molar-refractivity contribution in [1.82, 2.24) is 9.97 Å². The Morgan fingerprint density at radius 1 is 1.30 bits per heavy atom. The number of H-pyrrole nitrogens is 1. The molecule has 2 aromatic rings.